The van der Waals surface area contributed by atoms with Crippen molar-refractivity contribution in [3.05, 3.63) is 23.9 Å². The molecule has 0 atom stereocenters. The molecule has 0 bridgehead atoms. The van der Waals surface area contributed by atoms with Crippen molar-refractivity contribution in [2.45, 2.75) is 20.3 Å². The van der Waals surface area contributed by atoms with E-state index in [1.54, 1.807) is 0 Å². The van der Waals surface area contributed by atoms with Gasteiger partial charge in [0.25, 0.3) is 0 Å². The summed E-state index contributed by atoms with van der Waals surface area (Å²) in [4.78, 5) is 16.3. The number of likely N-dealkylation sites (N-methyl/N-ethyl adjacent to an activating group) is 2. The lowest BCUT2D eigenvalue weighted by Gasteiger charge is -2.34. The zero-order valence-corrected chi connectivity index (χ0v) is 19.8. The van der Waals surface area contributed by atoms with Crippen LogP contribution in [0.1, 0.15) is 19.0 Å². The van der Waals surface area contributed by atoms with Crippen LogP contribution in [0.5, 0.6) is 0 Å². The van der Waals surface area contributed by atoms with Crippen LogP contribution in [0, 0.1) is 6.92 Å². The van der Waals surface area contributed by atoms with Gasteiger partial charge >= 0.3 is 0 Å². The van der Waals surface area contributed by atoms with Gasteiger partial charge in [-0.3, -0.25) is 0 Å². The zero-order chi connectivity index (χ0) is 22.2. The predicted octanol–water partition coefficient (Wildman–Crippen LogP) is 1.65. The Balaban J connectivity index is 1.48. The van der Waals surface area contributed by atoms with Crippen LogP contribution < -0.4 is 21.3 Å². The lowest BCUT2D eigenvalue weighted by molar-refractivity contribution is 0.136. The number of hydrogen-bond acceptors (Lipinski definition) is 7. The van der Waals surface area contributed by atoms with Crippen molar-refractivity contribution < 1.29 is 0 Å². The lowest BCUT2D eigenvalue weighted by atomic mass is 10.2. The molecule has 2 aromatic rings. The number of benzene rings is 1. The summed E-state index contributed by atoms with van der Waals surface area (Å²) in [6.45, 7) is 13.4. The molecule has 9 heteroatoms. The van der Waals surface area contributed by atoms with E-state index in [0.717, 1.165) is 54.9 Å². The first kappa shape index (κ1) is 23.6. The van der Waals surface area contributed by atoms with Gasteiger partial charge in [0.1, 0.15) is 0 Å². The van der Waals surface area contributed by atoms with Crippen LogP contribution in [-0.2, 0) is 0 Å². The Kier molecular flexibility index (Phi) is 8.77. The molecular weight excluding hydrogens is 408 g/mol. The fourth-order valence-corrected chi connectivity index (χ4v) is 4.04. The molecule has 1 aromatic heterocycles. The minimum atomic E-state index is 0.569. The average Bonchev–Trinajstić information content (AvgIpc) is 2.77. The molecule has 0 radical (unpaired) electrons. The summed E-state index contributed by atoms with van der Waals surface area (Å²) < 4.78 is 0. The molecule has 0 saturated carbocycles. The van der Waals surface area contributed by atoms with E-state index in [9.17, 15) is 0 Å². The summed E-state index contributed by atoms with van der Waals surface area (Å²) >= 11 is 5.48. The van der Waals surface area contributed by atoms with E-state index in [-0.39, 0.29) is 0 Å². The summed E-state index contributed by atoms with van der Waals surface area (Å²) in [6, 6.07) is 6.06. The van der Waals surface area contributed by atoms with Crippen molar-refractivity contribution in [3.63, 3.8) is 0 Å². The molecule has 1 fully saturated rings. The monoisotopic (exact) mass is 444 g/mol. The molecular formula is C22H36N8S. The molecule has 3 rings (SSSR count). The predicted molar refractivity (Wildman–Crippen MR) is 134 cm³/mol. The largest absolute Gasteiger partial charge is 0.362 e. The number of aryl methyl sites for hydroxylation is 1. The van der Waals surface area contributed by atoms with Crippen molar-refractivity contribution in [2.24, 2.45) is 5.73 Å². The van der Waals surface area contributed by atoms with Gasteiger partial charge in [0.2, 0.25) is 5.95 Å². The van der Waals surface area contributed by atoms with Crippen molar-refractivity contribution in [1.82, 2.24) is 25.1 Å². The smallest absolute Gasteiger partial charge is 0.225 e. The van der Waals surface area contributed by atoms with Crippen LogP contribution in [-0.4, -0.2) is 90.8 Å². The van der Waals surface area contributed by atoms with Gasteiger partial charge in [-0.1, -0.05) is 6.92 Å². The average molecular weight is 445 g/mol. The maximum absolute atomic E-state index is 5.65. The molecule has 31 heavy (non-hydrogen) atoms. The van der Waals surface area contributed by atoms with E-state index in [4.69, 9.17) is 18.0 Å². The van der Waals surface area contributed by atoms with Gasteiger partial charge in [0.05, 0.1) is 11.2 Å². The van der Waals surface area contributed by atoms with Gasteiger partial charge in [0, 0.05) is 63.9 Å². The fraction of sp³-hybridized carbons (Fsp3) is 0.591. The summed E-state index contributed by atoms with van der Waals surface area (Å²) in [7, 11) is 1.96. The number of nitrogens with two attached hydrogens (primary N) is 1. The quantitative estimate of drug-likeness (QED) is 0.395. The SMILES string of the molecule is CCN1CCN(CCCNC(=S)Nc2ccc3nc(N(C)CCN)nc(C)c3c2)CC1. The number of rotatable bonds is 9. The van der Waals surface area contributed by atoms with Crippen LogP contribution in [0.3, 0.4) is 0 Å². The molecule has 1 aromatic carbocycles. The minimum Gasteiger partial charge on any atom is -0.362 e. The Morgan fingerprint density at radius 2 is 1.94 bits per heavy atom. The second kappa shape index (κ2) is 11.5. The highest BCUT2D eigenvalue weighted by Gasteiger charge is 2.14. The second-order valence-corrected chi connectivity index (χ2v) is 8.47. The van der Waals surface area contributed by atoms with E-state index in [0.29, 0.717) is 17.6 Å². The topological polar surface area (TPSA) is 85.6 Å². The summed E-state index contributed by atoms with van der Waals surface area (Å²) in [5, 5.41) is 8.28. The number of anilines is 2. The maximum atomic E-state index is 5.65. The van der Waals surface area contributed by atoms with Gasteiger partial charge in [0.15, 0.2) is 5.11 Å². The third kappa shape index (κ3) is 6.70. The summed E-state index contributed by atoms with van der Waals surface area (Å²) in [5.41, 5.74) is 8.44. The van der Waals surface area contributed by atoms with E-state index in [2.05, 4.69) is 43.4 Å². The Morgan fingerprint density at radius 1 is 1.19 bits per heavy atom. The van der Waals surface area contributed by atoms with Crippen LogP contribution in [0.15, 0.2) is 18.2 Å². The minimum absolute atomic E-state index is 0.569. The molecule has 0 spiro atoms. The van der Waals surface area contributed by atoms with Crippen LogP contribution in [0.25, 0.3) is 10.9 Å². The van der Waals surface area contributed by atoms with Gasteiger partial charge in [-0.15, -0.1) is 0 Å². The first-order chi connectivity index (χ1) is 15.0. The van der Waals surface area contributed by atoms with Crippen molar-refractivity contribution >= 4 is 39.9 Å². The Hall–Kier alpha value is -2.07. The molecule has 0 unspecified atom stereocenters. The highest BCUT2D eigenvalue weighted by Crippen LogP contribution is 2.22. The van der Waals surface area contributed by atoms with Crippen LogP contribution in [0.4, 0.5) is 11.6 Å². The molecule has 8 nitrogen and oxygen atoms in total. The molecule has 0 amide bonds. The molecule has 0 aliphatic carbocycles. The molecule has 170 valence electrons. The number of nitrogens with one attached hydrogen (secondary N) is 2. The van der Waals surface area contributed by atoms with Gasteiger partial charge in [-0.25, -0.2) is 9.97 Å². The van der Waals surface area contributed by atoms with Crippen molar-refractivity contribution in [3.8, 4) is 0 Å². The third-order valence-corrected chi connectivity index (χ3v) is 6.03. The van der Waals surface area contributed by atoms with Crippen molar-refractivity contribution in [2.75, 3.05) is 76.2 Å². The molecule has 2 heterocycles. The number of nitrogens with zero attached hydrogens (tertiary/aromatic N) is 5. The van der Waals surface area contributed by atoms with Crippen LogP contribution in [0.2, 0.25) is 0 Å². The molecule has 1 aliphatic rings. The van der Waals surface area contributed by atoms with E-state index in [1.807, 2.05) is 31.0 Å². The highest BCUT2D eigenvalue weighted by atomic mass is 32.1. The van der Waals surface area contributed by atoms with E-state index in [1.165, 1.54) is 26.2 Å². The molecule has 1 saturated heterocycles. The van der Waals surface area contributed by atoms with Gasteiger partial charge < -0.3 is 31.1 Å². The Bertz CT molecular complexity index is 866. The number of thiocarbonyl (C=S) groups is 1. The normalized spacial score (nSPS) is 15.2. The summed E-state index contributed by atoms with van der Waals surface area (Å²) in [6.07, 6.45) is 1.08. The molecule has 1 aliphatic heterocycles. The Morgan fingerprint density at radius 3 is 2.65 bits per heavy atom. The van der Waals surface area contributed by atoms with E-state index < -0.39 is 0 Å². The first-order valence-electron chi connectivity index (χ1n) is 11.2. The van der Waals surface area contributed by atoms with Crippen LogP contribution >= 0.6 is 12.2 Å². The standard InChI is InChI=1S/C22H36N8S/c1-4-29-12-14-30(15-13-29)10-5-9-24-22(31)26-18-6-7-20-19(16-18)17(2)25-21(27-20)28(3)11-8-23/h6-7,16H,4-5,8-15,23H2,1-3H3,(H2,24,26,31). The number of aromatic nitrogens is 2. The molecule has 4 N–H and O–H groups in total. The third-order valence-electron chi connectivity index (χ3n) is 5.79. The zero-order valence-electron chi connectivity index (χ0n) is 19.0. The fourth-order valence-electron chi connectivity index (χ4n) is 3.82. The Labute approximate surface area is 191 Å². The second-order valence-electron chi connectivity index (χ2n) is 8.06. The highest BCUT2D eigenvalue weighted by molar-refractivity contribution is 7.80. The van der Waals surface area contributed by atoms with Crippen molar-refractivity contribution in [1.29, 1.82) is 0 Å². The number of fused-ring (bicyclic) bond motifs is 1. The van der Waals surface area contributed by atoms with E-state index >= 15 is 0 Å². The van der Waals surface area contributed by atoms with Gasteiger partial charge in [-0.2, -0.15) is 0 Å². The lowest BCUT2D eigenvalue weighted by Crippen LogP contribution is -2.46. The maximum Gasteiger partial charge on any atom is 0.225 e. The number of hydrogen-bond donors (Lipinski definition) is 3. The number of piperazine rings is 1. The first-order valence-corrected chi connectivity index (χ1v) is 11.6. The van der Waals surface area contributed by atoms with Gasteiger partial charge in [-0.05, 0) is 56.9 Å². The summed E-state index contributed by atoms with van der Waals surface area (Å²) in [5.74, 6) is 0.699.